The number of aliphatic hydroxyl groups excluding tert-OH is 1. The lowest BCUT2D eigenvalue weighted by Crippen LogP contribution is -2.35. The van der Waals surface area contributed by atoms with Crippen LogP contribution < -0.4 is 0 Å². The molecule has 0 radical (unpaired) electrons. The molecule has 3 rings (SSSR count). The van der Waals surface area contributed by atoms with Crippen molar-refractivity contribution in [3.63, 3.8) is 0 Å². The Labute approximate surface area is 134 Å². The van der Waals surface area contributed by atoms with Crippen molar-refractivity contribution in [3.8, 4) is 0 Å². The van der Waals surface area contributed by atoms with Crippen LogP contribution in [0, 0.1) is 5.92 Å². The number of hydrogen-bond acceptors (Lipinski definition) is 4. The number of aromatic nitrogens is 2. The van der Waals surface area contributed by atoms with Gasteiger partial charge in [-0.15, -0.1) is 11.3 Å². The molecule has 1 atom stereocenters. The summed E-state index contributed by atoms with van der Waals surface area (Å²) < 4.78 is 2.76. The molecule has 1 N–H and O–H groups in total. The Morgan fingerprint density at radius 2 is 2.19 bits per heavy atom. The Bertz CT molecular complexity index is 589. The molecule has 1 fully saturated rings. The van der Waals surface area contributed by atoms with Crippen LogP contribution in [0.4, 0.5) is 0 Å². The van der Waals surface area contributed by atoms with E-state index in [1.165, 1.54) is 4.88 Å². The third-order valence-electron chi connectivity index (χ3n) is 4.21. The maximum absolute atomic E-state index is 10.5. The van der Waals surface area contributed by atoms with Gasteiger partial charge in [-0.3, -0.25) is 4.90 Å². The summed E-state index contributed by atoms with van der Waals surface area (Å²) in [6.07, 6.45) is 5.19. The van der Waals surface area contributed by atoms with Gasteiger partial charge in [-0.2, -0.15) is 0 Å². The lowest BCUT2D eigenvalue weighted by molar-refractivity contribution is 0.0494. The van der Waals surface area contributed by atoms with Crippen molar-refractivity contribution in [2.24, 2.45) is 13.0 Å². The van der Waals surface area contributed by atoms with Crippen LogP contribution >= 0.6 is 22.9 Å². The molecule has 0 aromatic carbocycles. The zero-order valence-corrected chi connectivity index (χ0v) is 13.6. The Hall–Kier alpha value is -0.880. The van der Waals surface area contributed by atoms with Crippen LogP contribution in [0.1, 0.15) is 29.6 Å². The monoisotopic (exact) mass is 325 g/mol. The molecule has 1 aliphatic heterocycles. The van der Waals surface area contributed by atoms with Gasteiger partial charge in [0.2, 0.25) is 0 Å². The fourth-order valence-corrected chi connectivity index (χ4v) is 4.09. The SMILES string of the molecule is Cn1ccnc1C(O)C1CCN(Cc2ccc(Cl)s2)CC1. The molecule has 4 nitrogen and oxygen atoms in total. The number of thiophene rings is 1. The molecule has 0 spiro atoms. The van der Waals surface area contributed by atoms with Gasteiger partial charge in [0.1, 0.15) is 11.9 Å². The topological polar surface area (TPSA) is 41.3 Å². The molecule has 6 heteroatoms. The first-order chi connectivity index (χ1) is 10.1. The molecular formula is C15H20ClN3OS. The molecule has 21 heavy (non-hydrogen) atoms. The smallest absolute Gasteiger partial charge is 0.137 e. The van der Waals surface area contributed by atoms with Gasteiger partial charge in [0, 0.05) is 30.9 Å². The number of piperidine rings is 1. The summed E-state index contributed by atoms with van der Waals surface area (Å²) in [5.74, 6) is 1.08. The second-order valence-electron chi connectivity index (χ2n) is 5.66. The Morgan fingerprint density at radius 3 is 2.76 bits per heavy atom. The van der Waals surface area contributed by atoms with Crippen molar-refractivity contribution in [3.05, 3.63) is 39.6 Å². The summed E-state index contributed by atoms with van der Waals surface area (Å²) in [4.78, 5) is 8.01. The van der Waals surface area contributed by atoms with Gasteiger partial charge < -0.3 is 9.67 Å². The highest BCUT2D eigenvalue weighted by Crippen LogP contribution is 2.31. The van der Waals surface area contributed by atoms with E-state index >= 15 is 0 Å². The fourth-order valence-electron chi connectivity index (χ4n) is 2.96. The average Bonchev–Trinajstić information content (AvgIpc) is 3.08. The van der Waals surface area contributed by atoms with E-state index in [4.69, 9.17) is 11.6 Å². The van der Waals surface area contributed by atoms with Gasteiger partial charge in [-0.1, -0.05) is 11.6 Å². The molecule has 0 bridgehead atoms. The van der Waals surface area contributed by atoms with Gasteiger partial charge >= 0.3 is 0 Å². The minimum Gasteiger partial charge on any atom is -0.385 e. The largest absolute Gasteiger partial charge is 0.385 e. The highest BCUT2D eigenvalue weighted by molar-refractivity contribution is 7.16. The van der Waals surface area contributed by atoms with Gasteiger partial charge in [-0.05, 0) is 44.0 Å². The molecule has 2 aromatic heterocycles. The summed E-state index contributed by atoms with van der Waals surface area (Å²) in [5.41, 5.74) is 0. The molecule has 0 saturated carbocycles. The van der Waals surface area contributed by atoms with E-state index < -0.39 is 6.10 Å². The minimum absolute atomic E-state index is 0.300. The van der Waals surface area contributed by atoms with E-state index in [9.17, 15) is 5.11 Å². The van der Waals surface area contributed by atoms with Crippen LogP contribution in [0.3, 0.4) is 0 Å². The average molecular weight is 326 g/mol. The van der Waals surface area contributed by atoms with Crippen molar-refractivity contribution in [1.29, 1.82) is 0 Å². The van der Waals surface area contributed by atoms with E-state index in [0.717, 1.165) is 42.6 Å². The summed E-state index contributed by atoms with van der Waals surface area (Å²) in [6.45, 7) is 2.99. The number of likely N-dealkylation sites (tertiary alicyclic amines) is 1. The Balaban J connectivity index is 1.54. The minimum atomic E-state index is -0.455. The van der Waals surface area contributed by atoms with Crippen LogP contribution in [-0.4, -0.2) is 32.6 Å². The number of nitrogens with zero attached hydrogens (tertiary/aromatic N) is 3. The summed E-state index contributed by atoms with van der Waals surface area (Å²) in [7, 11) is 1.93. The van der Waals surface area contributed by atoms with Crippen LogP contribution in [0.25, 0.3) is 0 Å². The van der Waals surface area contributed by atoms with Crippen LogP contribution in [-0.2, 0) is 13.6 Å². The molecule has 114 valence electrons. The summed E-state index contributed by atoms with van der Waals surface area (Å²) in [6, 6.07) is 4.06. The van der Waals surface area contributed by atoms with Crippen molar-refractivity contribution in [1.82, 2.24) is 14.5 Å². The van der Waals surface area contributed by atoms with Crippen LogP contribution in [0.5, 0.6) is 0 Å². The number of imidazole rings is 1. The van der Waals surface area contributed by atoms with E-state index in [2.05, 4.69) is 16.0 Å². The first-order valence-electron chi connectivity index (χ1n) is 7.25. The highest BCUT2D eigenvalue weighted by Gasteiger charge is 2.28. The predicted octanol–water partition coefficient (Wildman–Crippen LogP) is 3.08. The third kappa shape index (κ3) is 3.48. The summed E-state index contributed by atoms with van der Waals surface area (Å²) >= 11 is 7.62. The first-order valence-corrected chi connectivity index (χ1v) is 8.45. The zero-order chi connectivity index (χ0) is 14.8. The van der Waals surface area contributed by atoms with Crippen molar-refractivity contribution in [2.75, 3.05) is 13.1 Å². The first kappa shape index (κ1) is 15.0. The lowest BCUT2D eigenvalue weighted by atomic mass is 9.90. The molecule has 0 amide bonds. The van der Waals surface area contributed by atoms with Crippen molar-refractivity contribution >= 4 is 22.9 Å². The quantitative estimate of drug-likeness (QED) is 0.939. The normalized spacial score (nSPS) is 19.0. The van der Waals surface area contributed by atoms with Crippen LogP contribution in [0.2, 0.25) is 4.34 Å². The van der Waals surface area contributed by atoms with Gasteiger partial charge in [0.05, 0.1) is 4.34 Å². The molecule has 1 unspecified atom stereocenters. The van der Waals surface area contributed by atoms with Gasteiger partial charge in [0.25, 0.3) is 0 Å². The number of aliphatic hydroxyl groups is 1. The highest BCUT2D eigenvalue weighted by atomic mass is 35.5. The number of halogens is 1. The second kappa shape index (κ2) is 6.48. The number of hydrogen-bond donors (Lipinski definition) is 1. The van der Waals surface area contributed by atoms with E-state index in [0.29, 0.717) is 5.92 Å². The fraction of sp³-hybridized carbons (Fsp3) is 0.533. The Kier molecular flexibility index (Phi) is 4.64. The van der Waals surface area contributed by atoms with Crippen molar-refractivity contribution < 1.29 is 5.11 Å². The third-order valence-corrected chi connectivity index (χ3v) is 5.43. The van der Waals surface area contributed by atoms with Gasteiger partial charge in [0.15, 0.2) is 0 Å². The van der Waals surface area contributed by atoms with E-state index in [-0.39, 0.29) is 0 Å². The molecule has 1 saturated heterocycles. The summed E-state index contributed by atoms with van der Waals surface area (Å²) in [5, 5.41) is 10.5. The molecule has 0 aliphatic carbocycles. The molecular weight excluding hydrogens is 306 g/mol. The Morgan fingerprint density at radius 1 is 1.43 bits per heavy atom. The molecule has 1 aliphatic rings. The second-order valence-corrected chi connectivity index (χ2v) is 7.46. The predicted molar refractivity (Wildman–Crippen MR) is 85.5 cm³/mol. The van der Waals surface area contributed by atoms with Gasteiger partial charge in [-0.25, -0.2) is 4.98 Å². The number of rotatable bonds is 4. The maximum Gasteiger partial charge on any atom is 0.137 e. The lowest BCUT2D eigenvalue weighted by Gasteiger charge is -2.33. The number of aryl methyl sites for hydroxylation is 1. The molecule has 3 heterocycles. The maximum atomic E-state index is 10.5. The standard InChI is InChI=1S/C15H20ClN3OS/c1-18-9-6-17-15(18)14(20)11-4-7-19(8-5-11)10-12-2-3-13(16)21-12/h2-3,6,9,11,14,20H,4-5,7-8,10H2,1H3. The molecule has 2 aromatic rings. The zero-order valence-electron chi connectivity index (χ0n) is 12.1. The van der Waals surface area contributed by atoms with Crippen molar-refractivity contribution in [2.45, 2.75) is 25.5 Å². The van der Waals surface area contributed by atoms with E-state index in [1.54, 1.807) is 17.5 Å². The van der Waals surface area contributed by atoms with E-state index in [1.807, 2.05) is 23.9 Å². The van der Waals surface area contributed by atoms with Crippen LogP contribution in [0.15, 0.2) is 24.5 Å².